The van der Waals surface area contributed by atoms with Gasteiger partial charge in [-0.1, -0.05) is 6.07 Å². The average molecular weight is 424 g/mol. The molecule has 1 saturated carbocycles. The number of benzene rings is 1. The lowest BCUT2D eigenvalue weighted by atomic mass is 9.96. The maximum Gasteiger partial charge on any atom is 0.424 e. The first-order chi connectivity index (χ1) is 14.0. The van der Waals surface area contributed by atoms with Gasteiger partial charge in [0.1, 0.15) is 0 Å². The standard InChI is InChI=1S/C21H23F3N2O4/c1-12-4-9-18(26-13(12)2)20(28,21(22,23)24)11-25-19(27)14-5-8-16(17(10-14)29-3)30-15-6-7-15/h4-5,8-10,15,28H,6-7,11H2,1-3H3,(H,25,27). The Morgan fingerprint density at radius 1 is 1.20 bits per heavy atom. The Bertz CT molecular complexity index is 944. The van der Waals surface area contributed by atoms with Gasteiger partial charge in [-0.15, -0.1) is 0 Å². The fraction of sp³-hybridized carbons (Fsp3) is 0.429. The largest absolute Gasteiger partial charge is 0.493 e. The zero-order valence-corrected chi connectivity index (χ0v) is 16.8. The number of aromatic nitrogens is 1. The molecule has 30 heavy (non-hydrogen) atoms. The second kappa shape index (κ2) is 8.14. The van der Waals surface area contributed by atoms with E-state index in [4.69, 9.17) is 9.47 Å². The summed E-state index contributed by atoms with van der Waals surface area (Å²) in [4.78, 5) is 16.4. The summed E-state index contributed by atoms with van der Waals surface area (Å²) >= 11 is 0. The first kappa shape index (κ1) is 21.9. The van der Waals surface area contributed by atoms with Gasteiger partial charge < -0.3 is 19.9 Å². The van der Waals surface area contributed by atoms with Crippen LogP contribution >= 0.6 is 0 Å². The second-order valence-electron chi connectivity index (χ2n) is 7.32. The molecule has 0 saturated heterocycles. The highest BCUT2D eigenvalue weighted by atomic mass is 19.4. The van der Waals surface area contributed by atoms with Crippen LogP contribution in [0.1, 0.15) is 40.2 Å². The number of carbonyl (C=O) groups is 1. The minimum Gasteiger partial charge on any atom is -0.493 e. The summed E-state index contributed by atoms with van der Waals surface area (Å²) in [6, 6.07) is 6.89. The Labute approximate surface area is 172 Å². The van der Waals surface area contributed by atoms with E-state index in [0.717, 1.165) is 18.9 Å². The quantitative estimate of drug-likeness (QED) is 0.712. The van der Waals surface area contributed by atoms with Crippen LogP contribution in [0.2, 0.25) is 0 Å². The number of amides is 1. The highest BCUT2D eigenvalue weighted by molar-refractivity contribution is 5.95. The molecular weight excluding hydrogens is 401 g/mol. The van der Waals surface area contributed by atoms with Crippen LogP contribution in [-0.2, 0) is 5.60 Å². The lowest BCUT2D eigenvalue weighted by molar-refractivity contribution is -0.265. The van der Waals surface area contributed by atoms with Crippen LogP contribution in [0.4, 0.5) is 13.2 Å². The fourth-order valence-corrected chi connectivity index (χ4v) is 2.78. The molecule has 1 unspecified atom stereocenters. The predicted molar refractivity (Wildman–Crippen MR) is 103 cm³/mol. The van der Waals surface area contributed by atoms with Gasteiger partial charge in [-0.3, -0.25) is 9.78 Å². The van der Waals surface area contributed by atoms with Crippen molar-refractivity contribution in [1.82, 2.24) is 10.3 Å². The number of pyridine rings is 1. The SMILES string of the molecule is COc1cc(C(=O)NCC(O)(c2ccc(C)c(C)n2)C(F)(F)F)ccc1OC1CC1. The summed E-state index contributed by atoms with van der Waals surface area (Å²) in [5.41, 5.74) is -2.79. The van der Waals surface area contributed by atoms with Gasteiger partial charge >= 0.3 is 6.18 Å². The van der Waals surface area contributed by atoms with E-state index in [9.17, 15) is 23.1 Å². The molecular formula is C21H23F3N2O4. The number of ether oxygens (including phenoxy) is 2. The van der Waals surface area contributed by atoms with Gasteiger partial charge in [0.2, 0.25) is 5.60 Å². The lowest BCUT2D eigenvalue weighted by Crippen LogP contribution is -2.51. The van der Waals surface area contributed by atoms with Crippen molar-refractivity contribution in [3.05, 3.63) is 52.8 Å². The molecule has 1 fully saturated rings. The van der Waals surface area contributed by atoms with Crippen molar-refractivity contribution >= 4 is 5.91 Å². The Kier molecular flexibility index (Phi) is 5.94. The summed E-state index contributed by atoms with van der Waals surface area (Å²) < 4.78 is 52.0. The third kappa shape index (κ3) is 4.51. The van der Waals surface area contributed by atoms with Crippen molar-refractivity contribution in [1.29, 1.82) is 0 Å². The number of alkyl halides is 3. The van der Waals surface area contributed by atoms with Gasteiger partial charge in [0.25, 0.3) is 5.91 Å². The van der Waals surface area contributed by atoms with Crippen LogP contribution in [0.25, 0.3) is 0 Å². The zero-order valence-electron chi connectivity index (χ0n) is 16.8. The zero-order chi connectivity index (χ0) is 22.1. The Morgan fingerprint density at radius 2 is 1.90 bits per heavy atom. The Morgan fingerprint density at radius 3 is 2.47 bits per heavy atom. The monoisotopic (exact) mass is 424 g/mol. The molecule has 2 N–H and O–H groups in total. The van der Waals surface area contributed by atoms with Crippen molar-refractivity contribution in [2.75, 3.05) is 13.7 Å². The van der Waals surface area contributed by atoms with Gasteiger partial charge in [-0.25, -0.2) is 0 Å². The average Bonchev–Trinajstić information content (AvgIpc) is 3.51. The first-order valence-corrected chi connectivity index (χ1v) is 9.42. The number of hydrogen-bond donors (Lipinski definition) is 2. The van der Waals surface area contributed by atoms with E-state index < -0.39 is 29.9 Å². The third-order valence-corrected chi connectivity index (χ3v) is 4.99. The molecule has 162 valence electrons. The number of aryl methyl sites for hydroxylation is 2. The van der Waals surface area contributed by atoms with Gasteiger partial charge in [0.05, 0.1) is 25.5 Å². The van der Waals surface area contributed by atoms with Gasteiger partial charge in [0.15, 0.2) is 11.5 Å². The third-order valence-electron chi connectivity index (χ3n) is 4.99. The summed E-state index contributed by atoms with van der Waals surface area (Å²) in [7, 11) is 1.41. The van der Waals surface area contributed by atoms with Crippen LogP contribution in [0, 0.1) is 13.8 Å². The molecule has 0 radical (unpaired) electrons. The number of nitrogens with zero attached hydrogens (tertiary/aromatic N) is 1. The van der Waals surface area contributed by atoms with Gasteiger partial charge in [-0.05, 0) is 56.5 Å². The molecule has 1 heterocycles. The minimum absolute atomic E-state index is 0.0765. The molecule has 1 aromatic heterocycles. The lowest BCUT2D eigenvalue weighted by Gasteiger charge is -2.30. The molecule has 1 aliphatic carbocycles. The topological polar surface area (TPSA) is 80.7 Å². The van der Waals surface area contributed by atoms with Crippen LogP contribution in [0.5, 0.6) is 11.5 Å². The minimum atomic E-state index is -5.05. The Hall–Kier alpha value is -2.81. The molecule has 1 aliphatic rings. The van der Waals surface area contributed by atoms with E-state index in [1.807, 2.05) is 0 Å². The smallest absolute Gasteiger partial charge is 0.424 e. The summed E-state index contributed by atoms with van der Waals surface area (Å²) in [5.74, 6) is -0.0306. The van der Waals surface area contributed by atoms with E-state index in [1.165, 1.54) is 31.4 Å². The predicted octanol–water partition coefficient (Wildman–Crippen LogP) is 3.43. The van der Waals surface area contributed by atoms with E-state index in [-0.39, 0.29) is 11.7 Å². The van der Waals surface area contributed by atoms with Gasteiger partial charge in [-0.2, -0.15) is 13.2 Å². The highest BCUT2D eigenvalue weighted by Crippen LogP contribution is 2.38. The van der Waals surface area contributed by atoms with Crippen molar-refractivity contribution in [3.63, 3.8) is 0 Å². The molecule has 9 heteroatoms. The number of methoxy groups -OCH3 is 1. The molecule has 2 aromatic rings. The van der Waals surface area contributed by atoms with Gasteiger partial charge in [0, 0.05) is 11.3 Å². The van der Waals surface area contributed by atoms with Crippen molar-refractivity contribution in [3.8, 4) is 11.5 Å². The van der Waals surface area contributed by atoms with E-state index in [1.54, 1.807) is 13.8 Å². The molecule has 1 aromatic carbocycles. The maximum absolute atomic E-state index is 13.7. The molecule has 0 bridgehead atoms. The number of aliphatic hydroxyl groups is 1. The molecule has 3 rings (SSSR count). The van der Waals surface area contributed by atoms with Crippen LogP contribution in [0.3, 0.4) is 0 Å². The molecule has 1 atom stereocenters. The summed E-state index contributed by atoms with van der Waals surface area (Å²) in [6.07, 6.45) is -3.05. The summed E-state index contributed by atoms with van der Waals surface area (Å²) in [6.45, 7) is 2.16. The highest BCUT2D eigenvalue weighted by Gasteiger charge is 2.56. The Balaban J connectivity index is 1.79. The van der Waals surface area contributed by atoms with Crippen LogP contribution in [0.15, 0.2) is 30.3 Å². The first-order valence-electron chi connectivity index (χ1n) is 9.42. The van der Waals surface area contributed by atoms with E-state index >= 15 is 0 Å². The molecule has 0 aliphatic heterocycles. The fourth-order valence-electron chi connectivity index (χ4n) is 2.78. The van der Waals surface area contributed by atoms with Crippen LogP contribution in [-0.4, -0.2) is 41.9 Å². The second-order valence-corrected chi connectivity index (χ2v) is 7.32. The number of nitrogens with one attached hydrogen (secondary N) is 1. The van der Waals surface area contributed by atoms with E-state index in [0.29, 0.717) is 22.8 Å². The van der Waals surface area contributed by atoms with Crippen molar-refractivity contribution in [2.24, 2.45) is 0 Å². The molecule has 0 spiro atoms. The maximum atomic E-state index is 13.7. The molecule has 6 nitrogen and oxygen atoms in total. The molecule has 1 amide bonds. The number of halogens is 3. The van der Waals surface area contributed by atoms with Crippen molar-refractivity contribution < 1.29 is 32.5 Å². The van der Waals surface area contributed by atoms with Crippen LogP contribution < -0.4 is 14.8 Å². The normalized spacial score (nSPS) is 16.0. The van der Waals surface area contributed by atoms with Crippen molar-refractivity contribution in [2.45, 2.75) is 44.6 Å². The number of hydrogen-bond acceptors (Lipinski definition) is 5. The number of rotatable bonds is 7. The van der Waals surface area contributed by atoms with E-state index in [2.05, 4.69) is 10.3 Å². The number of carbonyl (C=O) groups excluding carboxylic acids is 1. The summed E-state index contributed by atoms with van der Waals surface area (Å²) in [5, 5.41) is 12.6.